The number of aromatic hydroxyl groups is 1. The fraction of sp³-hybridized carbons (Fsp3) is 0.500. The van der Waals surface area contributed by atoms with Crippen molar-refractivity contribution < 1.29 is 9.90 Å². The molecule has 1 aromatic carbocycles. The summed E-state index contributed by atoms with van der Waals surface area (Å²) in [6.07, 6.45) is 0.217. The Kier molecular flexibility index (Phi) is 4.49. The van der Waals surface area contributed by atoms with Gasteiger partial charge in [-0.25, -0.2) is 0 Å². The number of carbonyl (C=O) groups is 1. The van der Waals surface area contributed by atoms with Crippen LogP contribution in [0.2, 0.25) is 0 Å². The molecule has 1 amide bonds. The van der Waals surface area contributed by atoms with E-state index in [-0.39, 0.29) is 18.1 Å². The van der Waals surface area contributed by atoms with Crippen LogP contribution in [0.25, 0.3) is 0 Å². The summed E-state index contributed by atoms with van der Waals surface area (Å²) in [7, 11) is 0. The summed E-state index contributed by atoms with van der Waals surface area (Å²) in [6, 6.07) is 9.21. The van der Waals surface area contributed by atoms with Gasteiger partial charge in [0.25, 0.3) is 0 Å². The van der Waals surface area contributed by atoms with E-state index >= 15 is 0 Å². The lowest BCUT2D eigenvalue weighted by Crippen LogP contribution is -2.55. The van der Waals surface area contributed by atoms with Crippen molar-refractivity contribution in [3.8, 4) is 11.8 Å². The molecule has 1 aliphatic rings. The molecule has 5 nitrogen and oxygen atoms in total. The predicted molar refractivity (Wildman–Crippen MR) is 79.7 cm³/mol. The zero-order valence-corrected chi connectivity index (χ0v) is 12.5. The van der Waals surface area contributed by atoms with Crippen molar-refractivity contribution in [1.29, 1.82) is 5.26 Å². The largest absolute Gasteiger partial charge is 0.508 e. The Morgan fingerprint density at radius 3 is 2.48 bits per heavy atom. The number of benzene rings is 1. The number of hydrogen-bond donors (Lipinski definition) is 1. The molecule has 1 fully saturated rings. The molecule has 0 radical (unpaired) electrons. The lowest BCUT2D eigenvalue weighted by atomic mass is 10.0. The van der Waals surface area contributed by atoms with E-state index < -0.39 is 5.54 Å². The summed E-state index contributed by atoms with van der Waals surface area (Å²) in [6.45, 7) is 6.44. The van der Waals surface area contributed by atoms with Gasteiger partial charge in [0.05, 0.1) is 12.5 Å². The van der Waals surface area contributed by atoms with Crippen molar-refractivity contribution in [2.24, 2.45) is 0 Å². The normalized spacial score (nSPS) is 16.5. The summed E-state index contributed by atoms with van der Waals surface area (Å²) < 4.78 is 0. The van der Waals surface area contributed by atoms with Crippen LogP contribution < -0.4 is 0 Å². The molecule has 1 N–H and O–H groups in total. The topological polar surface area (TPSA) is 67.6 Å². The van der Waals surface area contributed by atoms with E-state index in [0.717, 1.165) is 0 Å². The number of nitrogens with zero attached hydrogens (tertiary/aromatic N) is 3. The molecule has 0 atom stereocenters. The maximum Gasteiger partial charge on any atom is 0.227 e. The first kappa shape index (κ1) is 15.3. The predicted octanol–water partition coefficient (Wildman–Crippen LogP) is 1.38. The van der Waals surface area contributed by atoms with Crippen LogP contribution in [0.5, 0.6) is 5.75 Å². The van der Waals surface area contributed by atoms with Gasteiger partial charge in [0.15, 0.2) is 0 Å². The first-order valence-electron chi connectivity index (χ1n) is 7.15. The van der Waals surface area contributed by atoms with Crippen LogP contribution >= 0.6 is 0 Å². The second-order valence-corrected chi connectivity index (χ2v) is 5.84. The second-order valence-electron chi connectivity index (χ2n) is 5.84. The molecular weight excluding hydrogens is 266 g/mol. The molecule has 0 unspecified atom stereocenters. The zero-order valence-electron chi connectivity index (χ0n) is 12.5. The monoisotopic (exact) mass is 287 g/mol. The number of amides is 1. The van der Waals surface area contributed by atoms with Crippen molar-refractivity contribution in [1.82, 2.24) is 9.80 Å². The molecule has 21 heavy (non-hydrogen) atoms. The highest BCUT2D eigenvalue weighted by Gasteiger charge is 2.31. The summed E-state index contributed by atoms with van der Waals surface area (Å²) in [5, 5.41) is 18.9. The van der Waals surface area contributed by atoms with Crippen molar-refractivity contribution in [3.05, 3.63) is 29.8 Å². The average Bonchev–Trinajstić information content (AvgIpc) is 2.49. The Bertz CT molecular complexity index is 555. The molecule has 0 aromatic heterocycles. The van der Waals surface area contributed by atoms with Crippen LogP contribution in [0.15, 0.2) is 24.3 Å². The molecule has 0 saturated carbocycles. The van der Waals surface area contributed by atoms with Crippen molar-refractivity contribution in [2.45, 2.75) is 25.8 Å². The number of carbonyl (C=O) groups excluding carboxylic acids is 1. The summed E-state index contributed by atoms with van der Waals surface area (Å²) >= 11 is 0. The smallest absolute Gasteiger partial charge is 0.227 e. The molecule has 2 rings (SSSR count). The number of piperazine rings is 1. The van der Waals surface area contributed by atoms with Gasteiger partial charge in [-0.05, 0) is 19.9 Å². The quantitative estimate of drug-likeness (QED) is 0.912. The van der Waals surface area contributed by atoms with Gasteiger partial charge in [-0.3, -0.25) is 9.69 Å². The Morgan fingerprint density at radius 2 is 1.90 bits per heavy atom. The van der Waals surface area contributed by atoms with Gasteiger partial charge in [0, 0.05) is 31.7 Å². The molecule has 112 valence electrons. The van der Waals surface area contributed by atoms with E-state index in [2.05, 4.69) is 11.0 Å². The minimum atomic E-state index is -0.493. The van der Waals surface area contributed by atoms with Crippen LogP contribution in [0.4, 0.5) is 0 Å². The van der Waals surface area contributed by atoms with E-state index in [4.69, 9.17) is 5.26 Å². The van der Waals surface area contributed by atoms with Gasteiger partial charge in [0.1, 0.15) is 11.3 Å². The first-order chi connectivity index (χ1) is 9.94. The highest BCUT2D eigenvalue weighted by Crippen LogP contribution is 2.19. The fourth-order valence-electron chi connectivity index (χ4n) is 2.52. The van der Waals surface area contributed by atoms with Gasteiger partial charge >= 0.3 is 0 Å². The third kappa shape index (κ3) is 3.53. The van der Waals surface area contributed by atoms with Gasteiger partial charge < -0.3 is 10.0 Å². The van der Waals surface area contributed by atoms with E-state index in [1.54, 1.807) is 23.1 Å². The highest BCUT2D eigenvalue weighted by molar-refractivity contribution is 5.79. The Morgan fingerprint density at radius 1 is 1.29 bits per heavy atom. The molecule has 1 saturated heterocycles. The van der Waals surface area contributed by atoms with Gasteiger partial charge in [-0.2, -0.15) is 5.26 Å². The van der Waals surface area contributed by atoms with Crippen LogP contribution in [0, 0.1) is 11.3 Å². The van der Waals surface area contributed by atoms with E-state index in [0.29, 0.717) is 31.7 Å². The number of phenolic OH excluding ortho intramolecular Hbond substituents is 1. The Labute approximate surface area is 125 Å². The minimum Gasteiger partial charge on any atom is -0.508 e. The SMILES string of the molecule is CC(C)(C#N)N1CCN(C(=O)Cc2ccccc2O)CC1. The molecule has 0 bridgehead atoms. The number of hydrogen-bond acceptors (Lipinski definition) is 4. The number of para-hydroxylation sites is 1. The molecule has 0 spiro atoms. The summed E-state index contributed by atoms with van der Waals surface area (Å²) in [5.41, 5.74) is 0.162. The first-order valence-corrected chi connectivity index (χ1v) is 7.15. The van der Waals surface area contributed by atoms with Crippen LogP contribution in [0.3, 0.4) is 0 Å². The van der Waals surface area contributed by atoms with Crippen molar-refractivity contribution in [2.75, 3.05) is 26.2 Å². The van der Waals surface area contributed by atoms with Crippen LogP contribution in [-0.2, 0) is 11.2 Å². The van der Waals surface area contributed by atoms with Gasteiger partial charge in [0.2, 0.25) is 5.91 Å². The molecule has 0 aliphatic carbocycles. The zero-order chi connectivity index (χ0) is 15.5. The third-order valence-electron chi connectivity index (χ3n) is 4.03. The van der Waals surface area contributed by atoms with Gasteiger partial charge in [-0.15, -0.1) is 0 Å². The Balaban J connectivity index is 1.92. The van der Waals surface area contributed by atoms with Crippen molar-refractivity contribution >= 4 is 5.91 Å². The standard InChI is InChI=1S/C16H21N3O2/c1-16(2,12-17)19-9-7-18(8-10-19)15(21)11-13-5-3-4-6-14(13)20/h3-6,20H,7-11H2,1-2H3. The molecule has 1 aromatic rings. The van der Waals surface area contributed by atoms with Crippen LogP contribution in [0.1, 0.15) is 19.4 Å². The fourth-order valence-corrected chi connectivity index (χ4v) is 2.52. The summed E-state index contributed by atoms with van der Waals surface area (Å²) in [4.78, 5) is 16.2. The van der Waals surface area contributed by atoms with Gasteiger partial charge in [-0.1, -0.05) is 18.2 Å². The lowest BCUT2D eigenvalue weighted by Gasteiger charge is -2.40. The molecule has 1 aliphatic heterocycles. The van der Waals surface area contributed by atoms with E-state index in [1.807, 2.05) is 19.9 Å². The third-order valence-corrected chi connectivity index (χ3v) is 4.03. The number of phenols is 1. The Hall–Kier alpha value is -2.06. The second kappa shape index (κ2) is 6.15. The van der Waals surface area contributed by atoms with Crippen molar-refractivity contribution in [3.63, 3.8) is 0 Å². The lowest BCUT2D eigenvalue weighted by molar-refractivity contribution is -0.132. The minimum absolute atomic E-state index is 0.0194. The van der Waals surface area contributed by atoms with E-state index in [9.17, 15) is 9.90 Å². The maximum absolute atomic E-state index is 12.3. The molecule has 1 heterocycles. The average molecular weight is 287 g/mol. The maximum atomic E-state index is 12.3. The molecule has 5 heteroatoms. The van der Waals surface area contributed by atoms with E-state index in [1.165, 1.54) is 0 Å². The highest BCUT2D eigenvalue weighted by atomic mass is 16.3. The summed E-state index contributed by atoms with van der Waals surface area (Å²) in [5.74, 6) is 0.181. The molecular formula is C16H21N3O2. The number of rotatable bonds is 3. The number of nitriles is 1. The van der Waals surface area contributed by atoms with Crippen LogP contribution in [-0.4, -0.2) is 52.5 Å².